The lowest BCUT2D eigenvalue weighted by atomic mass is 10.0. The van der Waals surface area contributed by atoms with E-state index >= 15 is 0 Å². The van der Waals surface area contributed by atoms with E-state index in [2.05, 4.69) is 60.3 Å². The van der Waals surface area contributed by atoms with Gasteiger partial charge in [-0.15, -0.1) is 5.10 Å². The summed E-state index contributed by atoms with van der Waals surface area (Å²) in [6.45, 7) is 3.11. The zero-order chi connectivity index (χ0) is 24.5. The van der Waals surface area contributed by atoms with Crippen LogP contribution in [0.5, 0.6) is 0 Å². The van der Waals surface area contributed by atoms with Crippen molar-refractivity contribution in [2.75, 3.05) is 11.9 Å². The van der Waals surface area contributed by atoms with Gasteiger partial charge in [0.05, 0.1) is 18.3 Å². The lowest BCUT2D eigenvalue weighted by molar-refractivity contribution is 0.188. The number of aromatic nitrogens is 5. The second-order valence-corrected chi connectivity index (χ2v) is 9.52. The molecule has 0 radical (unpaired) electrons. The summed E-state index contributed by atoms with van der Waals surface area (Å²) in [5, 5.41) is 17.3. The number of rotatable bonds is 5. The molecule has 2 aromatic heterocycles. The third-order valence-electron chi connectivity index (χ3n) is 7.08. The number of urea groups is 1. The maximum Gasteiger partial charge on any atom is 0.318 e. The molecule has 2 aliphatic rings. The first-order valence-electron chi connectivity index (χ1n) is 12.3. The molecule has 9 nitrogen and oxygen atoms in total. The highest BCUT2D eigenvalue weighted by molar-refractivity contribution is 5.75. The van der Waals surface area contributed by atoms with Crippen LogP contribution in [0.25, 0.3) is 11.1 Å². The molecule has 4 aromatic rings. The summed E-state index contributed by atoms with van der Waals surface area (Å²) >= 11 is 0. The molecular weight excluding hydrogens is 452 g/mol. The summed E-state index contributed by atoms with van der Waals surface area (Å²) in [5.41, 5.74) is 7.67. The van der Waals surface area contributed by atoms with E-state index < -0.39 is 0 Å². The number of hydrogen-bond acceptors (Lipinski definition) is 6. The number of nitrogens with zero attached hydrogens (tertiary/aromatic N) is 5. The fraction of sp³-hybridized carbons (Fsp3) is 0.296. The summed E-state index contributed by atoms with van der Waals surface area (Å²) in [7, 11) is 0. The molecule has 0 saturated heterocycles. The number of fused-ring (bicyclic) bond motifs is 2. The second-order valence-electron chi connectivity index (χ2n) is 9.52. The van der Waals surface area contributed by atoms with Crippen molar-refractivity contribution >= 4 is 12.0 Å². The van der Waals surface area contributed by atoms with E-state index in [-0.39, 0.29) is 12.1 Å². The van der Waals surface area contributed by atoms with E-state index in [9.17, 15) is 4.79 Å². The largest absolute Gasteiger partial charge is 0.351 e. The van der Waals surface area contributed by atoms with Gasteiger partial charge in [0.1, 0.15) is 5.69 Å². The summed E-state index contributed by atoms with van der Waals surface area (Å²) in [6, 6.07) is 16.8. The fourth-order valence-corrected chi connectivity index (χ4v) is 5.00. The average molecular weight is 481 g/mol. The van der Waals surface area contributed by atoms with E-state index in [4.69, 9.17) is 0 Å². The van der Waals surface area contributed by atoms with Gasteiger partial charge in [-0.1, -0.05) is 53.7 Å². The summed E-state index contributed by atoms with van der Waals surface area (Å²) in [6.07, 6.45) is 6.44. The number of H-pyrrole nitrogens is 1. The molecular formula is C27H28N8O. The van der Waals surface area contributed by atoms with E-state index in [1.807, 2.05) is 43.6 Å². The van der Waals surface area contributed by atoms with Crippen LogP contribution in [0.3, 0.4) is 0 Å². The summed E-state index contributed by atoms with van der Waals surface area (Å²) in [4.78, 5) is 23.6. The molecule has 36 heavy (non-hydrogen) atoms. The predicted octanol–water partition coefficient (Wildman–Crippen LogP) is 3.67. The van der Waals surface area contributed by atoms with Crippen molar-refractivity contribution in [2.45, 2.75) is 44.8 Å². The highest BCUT2D eigenvalue weighted by Crippen LogP contribution is 2.25. The molecule has 0 fully saturated rings. The zero-order valence-corrected chi connectivity index (χ0v) is 20.1. The first kappa shape index (κ1) is 22.2. The van der Waals surface area contributed by atoms with Crippen LogP contribution in [0, 0.1) is 0 Å². The van der Waals surface area contributed by atoms with Gasteiger partial charge in [-0.25, -0.2) is 14.8 Å². The molecule has 9 heteroatoms. The smallest absolute Gasteiger partial charge is 0.318 e. The Morgan fingerprint density at radius 2 is 1.75 bits per heavy atom. The third-order valence-corrected chi connectivity index (χ3v) is 7.08. The molecule has 1 atom stereocenters. The molecule has 6 rings (SSSR count). The molecule has 0 unspecified atom stereocenters. The molecule has 0 bridgehead atoms. The Hall–Kier alpha value is -4.27. The van der Waals surface area contributed by atoms with Crippen LogP contribution in [-0.2, 0) is 25.8 Å². The number of nitrogens with one attached hydrogen (secondary N) is 3. The Morgan fingerprint density at radius 3 is 2.47 bits per heavy atom. The predicted molar refractivity (Wildman–Crippen MR) is 136 cm³/mol. The van der Waals surface area contributed by atoms with Crippen molar-refractivity contribution in [3.05, 3.63) is 89.0 Å². The number of amides is 2. The van der Waals surface area contributed by atoms with Gasteiger partial charge in [-0.2, -0.15) is 0 Å². The quantitative estimate of drug-likeness (QED) is 0.402. The second kappa shape index (κ2) is 9.41. The Balaban J connectivity index is 1.05. The average Bonchev–Trinajstić information content (AvgIpc) is 3.55. The van der Waals surface area contributed by atoms with E-state index in [1.54, 1.807) is 4.90 Å². The first-order chi connectivity index (χ1) is 17.6. The minimum atomic E-state index is -0.122. The van der Waals surface area contributed by atoms with Crippen LogP contribution in [0.4, 0.5) is 10.7 Å². The van der Waals surface area contributed by atoms with Crippen LogP contribution in [0.2, 0.25) is 0 Å². The first-order valence-corrected chi connectivity index (χ1v) is 12.3. The number of carbonyl (C=O) groups is 1. The normalized spacial score (nSPS) is 15.8. The summed E-state index contributed by atoms with van der Waals surface area (Å²) in [5.74, 6) is 0.653. The molecule has 3 heterocycles. The van der Waals surface area contributed by atoms with Gasteiger partial charge in [0, 0.05) is 37.0 Å². The Morgan fingerprint density at radius 1 is 1.03 bits per heavy atom. The topological polar surface area (TPSA) is 112 Å². The number of aromatic amines is 1. The van der Waals surface area contributed by atoms with Crippen molar-refractivity contribution in [1.82, 2.24) is 35.6 Å². The van der Waals surface area contributed by atoms with Gasteiger partial charge < -0.3 is 15.5 Å². The molecule has 1 aliphatic heterocycles. The van der Waals surface area contributed by atoms with Crippen molar-refractivity contribution in [3.8, 4) is 11.1 Å². The monoisotopic (exact) mass is 480 g/mol. The number of benzene rings is 2. The number of carbonyl (C=O) groups excluding carboxylic acids is 1. The fourth-order valence-electron chi connectivity index (χ4n) is 5.00. The van der Waals surface area contributed by atoms with Gasteiger partial charge in [0.25, 0.3) is 0 Å². The van der Waals surface area contributed by atoms with Gasteiger partial charge in [0.15, 0.2) is 0 Å². The minimum absolute atomic E-state index is 0.0953. The number of anilines is 1. The lowest BCUT2D eigenvalue weighted by Gasteiger charge is -2.27. The van der Waals surface area contributed by atoms with Gasteiger partial charge in [0.2, 0.25) is 5.95 Å². The maximum atomic E-state index is 12.8. The van der Waals surface area contributed by atoms with Crippen molar-refractivity contribution < 1.29 is 4.79 Å². The van der Waals surface area contributed by atoms with Crippen LogP contribution >= 0.6 is 0 Å². The molecule has 2 amide bonds. The minimum Gasteiger partial charge on any atom is -0.351 e. The molecule has 0 spiro atoms. The highest BCUT2D eigenvalue weighted by Gasteiger charge is 2.24. The van der Waals surface area contributed by atoms with Gasteiger partial charge in [-0.05, 0) is 42.0 Å². The van der Waals surface area contributed by atoms with Crippen LogP contribution in [-0.4, -0.2) is 48.9 Å². The SMILES string of the molecule is C[C@H](NC(=O)N1CCc2[nH]nnc2C1)c1ccc(-c2cnc(NC3Cc4ccccc4C3)nc2)cc1. The zero-order valence-electron chi connectivity index (χ0n) is 20.1. The third kappa shape index (κ3) is 4.51. The highest BCUT2D eigenvalue weighted by atomic mass is 16.2. The van der Waals surface area contributed by atoms with Crippen molar-refractivity contribution in [3.63, 3.8) is 0 Å². The Kier molecular flexibility index (Phi) is 5.80. The molecule has 182 valence electrons. The molecule has 3 N–H and O–H groups in total. The number of hydrogen-bond donors (Lipinski definition) is 3. The Bertz CT molecular complexity index is 1340. The van der Waals surface area contributed by atoms with Gasteiger partial charge >= 0.3 is 6.03 Å². The Labute approximate surface area is 209 Å². The lowest BCUT2D eigenvalue weighted by Crippen LogP contribution is -2.43. The molecule has 1 aliphatic carbocycles. The molecule has 0 saturated carbocycles. The van der Waals surface area contributed by atoms with E-state index in [1.165, 1.54) is 11.1 Å². The summed E-state index contributed by atoms with van der Waals surface area (Å²) < 4.78 is 0. The molecule has 2 aromatic carbocycles. The van der Waals surface area contributed by atoms with Crippen molar-refractivity contribution in [2.24, 2.45) is 0 Å². The van der Waals surface area contributed by atoms with Crippen LogP contribution in [0.15, 0.2) is 60.9 Å². The van der Waals surface area contributed by atoms with E-state index in [0.717, 1.165) is 47.3 Å². The van der Waals surface area contributed by atoms with E-state index in [0.29, 0.717) is 25.1 Å². The maximum absolute atomic E-state index is 12.8. The van der Waals surface area contributed by atoms with Crippen LogP contribution in [0.1, 0.15) is 41.0 Å². The van der Waals surface area contributed by atoms with Gasteiger partial charge in [-0.3, -0.25) is 5.10 Å². The standard InChI is InChI=1S/C27H28N8O/c1-17(30-27(36)35-11-10-24-25(16-35)33-34-32-24)18-6-8-19(9-7-18)22-14-28-26(29-15-22)31-23-12-20-4-2-3-5-21(20)13-23/h2-9,14-15,17,23H,10-13,16H2,1H3,(H,30,36)(H,28,29,31)(H,32,33,34)/t17-/m0/s1. The van der Waals surface area contributed by atoms with Crippen LogP contribution < -0.4 is 10.6 Å². The van der Waals surface area contributed by atoms with Crippen molar-refractivity contribution in [1.29, 1.82) is 0 Å².